The Morgan fingerprint density at radius 2 is 1.97 bits per heavy atom. The van der Waals surface area contributed by atoms with Gasteiger partial charge in [-0.2, -0.15) is 5.10 Å². The van der Waals surface area contributed by atoms with Crippen LogP contribution in [0, 0.1) is 28.6 Å². The third-order valence-corrected chi connectivity index (χ3v) is 9.97. The number of ether oxygens (including phenoxy) is 2. The first-order chi connectivity index (χ1) is 14.2. The first-order valence-electron chi connectivity index (χ1n) is 11.9. The molecule has 0 unspecified atom stereocenters. The van der Waals surface area contributed by atoms with Crippen LogP contribution in [-0.2, 0) is 15.1 Å². The van der Waals surface area contributed by atoms with Crippen molar-refractivity contribution >= 4 is 0 Å². The fraction of sp³-hybridized carbons (Fsp3) is 0.800. The SMILES string of the molecule is CC1(C)O[C@@H]2C[C@H]3[C@H]4CC=C5C[C@H](O)CC[C@]5(C)[C@@H]4CC[C@]3(C)[C@]2(c2ccn[nH]2)O1. The van der Waals surface area contributed by atoms with Crippen molar-refractivity contribution in [1.29, 1.82) is 0 Å². The van der Waals surface area contributed by atoms with Crippen LogP contribution in [0.25, 0.3) is 0 Å². The summed E-state index contributed by atoms with van der Waals surface area (Å²) >= 11 is 0. The number of aromatic amines is 1. The topological polar surface area (TPSA) is 67.4 Å². The smallest absolute Gasteiger partial charge is 0.164 e. The predicted molar refractivity (Wildman–Crippen MR) is 113 cm³/mol. The summed E-state index contributed by atoms with van der Waals surface area (Å²) in [5, 5.41) is 17.8. The Balaban J connectivity index is 1.42. The van der Waals surface area contributed by atoms with Crippen LogP contribution in [0.1, 0.15) is 78.3 Å². The number of aliphatic hydroxyl groups excluding tert-OH is 1. The van der Waals surface area contributed by atoms with E-state index in [4.69, 9.17) is 9.47 Å². The molecule has 0 spiro atoms. The van der Waals surface area contributed by atoms with Crippen LogP contribution >= 0.6 is 0 Å². The Bertz CT molecular complexity index is 879. The summed E-state index contributed by atoms with van der Waals surface area (Å²) in [6.45, 7) is 9.06. The Kier molecular flexibility index (Phi) is 3.90. The van der Waals surface area contributed by atoms with Gasteiger partial charge in [-0.05, 0) is 88.0 Å². The number of allylic oxidation sites excluding steroid dienone is 1. The number of hydrogen-bond acceptors (Lipinski definition) is 4. The van der Waals surface area contributed by atoms with Crippen molar-refractivity contribution in [2.75, 3.05) is 0 Å². The van der Waals surface area contributed by atoms with Crippen molar-refractivity contribution in [3.05, 3.63) is 29.6 Å². The maximum atomic E-state index is 10.3. The number of aromatic nitrogens is 2. The highest BCUT2D eigenvalue weighted by molar-refractivity contribution is 5.31. The van der Waals surface area contributed by atoms with E-state index >= 15 is 0 Å². The van der Waals surface area contributed by atoms with E-state index in [9.17, 15) is 5.11 Å². The van der Waals surface area contributed by atoms with E-state index < -0.39 is 11.4 Å². The maximum Gasteiger partial charge on any atom is 0.164 e. The molecule has 0 bridgehead atoms. The Labute approximate surface area is 179 Å². The molecule has 5 heteroatoms. The van der Waals surface area contributed by atoms with Crippen LogP contribution in [0.4, 0.5) is 0 Å². The van der Waals surface area contributed by atoms with Crippen LogP contribution in [-0.4, -0.2) is 33.3 Å². The number of rotatable bonds is 1. The number of nitrogens with one attached hydrogen (secondary N) is 1. The highest BCUT2D eigenvalue weighted by Crippen LogP contribution is 2.72. The van der Waals surface area contributed by atoms with Gasteiger partial charge in [0.1, 0.15) is 5.60 Å². The lowest BCUT2D eigenvalue weighted by atomic mass is 9.46. The van der Waals surface area contributed by atoms with Crippen LogP contribution in [0.15, 0.2) is 23.9 Å². The molecular formula is C25H36N2O3. The number of hydrogen-bond donors (Lipinski definition) is 2. The third kappa shape index (κ3) is 2.27. The Hall–Kier alpha value is -1.17. The molecule has 1 saturated heterocycles. The van der Waals surface area contributed by atoms with E-state index in [2.05, 4.69) is 50.0 Å². The van der Waals surface area contributed by atoms with Gasteiger partial charge in [-0.1, -0.05) is 25.5 Å². The van der Waals surface area contributed by atoms with Crippen molar-refractivity contribution in [1.82, 2.24) is 10.2 Å². The molecule has 6 rings (SSSR count). The van der Waals surface area contributed by atoms with Gasteiger partial charge in [0.25, 0.3) is 0 Å². The van der Waals surface area contributed by atoms with Gasteiger partial charge in [0, 0.05) is 11.6 Å². The molecule has 164 valence electrons. The molecule has 1 aromatic rings. The highest BCUT2D eigenvalue weighted by atomic mass is 16.8. The van der Waals surface area contributed by atoms with Gasteiger partial charge in [0.2, 0.25) is 0 Å². The lowest BCUT2D eigenvalue weighted by Crippen LogP contribution is -2.55. The van der Waals surface area contributed by atoms with E-state index in [0.29, 0.717) is 17.8 Å². The summed E-state index contributed by atoms with van der Waals surface area (Å²) < 4.78 is 13.4. The molecular weight excluding hydrogens is 376 g/mol. The van der Waals surface area contributed by atoms with Crippen molar-refractivity contribution in [2.24, 2.45) is 28.6 Å². The molecule has 5 aliphatic rings. The van der Waals surface area contributed by atoms with Crippen LogP contribution in [0.2, 0.25) is 0 Å². The van der Waals surface area contributed by atoms with Gasteiger partial charge in [0.15, 0.2) is 5.79 Å². The van der Waals surface area contributed by atoms with Gasteiger partial charge < -0.3 is 14.6 Å². The lowest BCUT2D eigenvalue weighted by Gasteiger charge is -2.59. The number of H-pyrrole nitrogens is 1. The third-order valence-electron chi connectivity index (χ3n) is 9.97. The van der Waals surface area contributed by atoms with Crippen LogP contribution in [0.5, 0.6) is 0 Å². The molecule has 2 N–H and O–H groups in total. The molecule has 30 heavy (non-hydrogen) atoms. The monoisotopic (exact) mass is 412 g/mol. The molecule has 4 fully saturated rings. The summed E-state index contributed by atoms with van der Waals surface area (Å²) in [6, 6.07) is 2.10. The molecule has 1 aromatic heterocycles. The molecule has 0 aromatic carbocycles. The number of nitrogens with zero attached hydrogens (tertiary/aromatic N) is 1. The molecule has 5 nitrogen and oxygen atoms in total. The molecule has 8 atom stereocenters. The van der Waals surface area contributed by atoms with Crippen molar-refractivity contribution in [3.63, 3.8) is 0 Å². The minimum atomic E-state index is -0.578. The molecule has 3 saturated carbocycles. The zero-order chi connectivity index (χ0) is 20.9. The standard InChI is InChI=1S/C25H36N2O3/c1-22(2)29-21-14-19-17-6-5-15-13-16(28)7-10-23(15,3)18(17)8-11-24(19,4)25(21,30-22)20-9-12-26-27-20/h5,9,12,16-19,21,28H,6-8,10-11,13-14H2,1-4H3,(H,26,27)/t16-,17+,18-,19+,21-,23+,24+,25-/m1/s1. The second-order valence-electron chi connectivity index (χ2n) is 11.7. The van der Waals surface area contributed by atoms with Gasteiger partial charge in [0.05, 0.1) is 17.9 Å². The van der Waals surface area contributed by atoms with E-state index in [1.807, 2.05) is 6.20 Å². The average molecular weight is 413 g/mol. The second kappa shape index (κ2) is 5.99. The fourth-order valence-corrected chi connectivity index (χ4v) is 8.69. The second-order valence-corrected chi connectivity index (χ2v) is 11.7. The zero-order valence-corrected chi connectivity index (χ0v) is 18.8. The molecule has 2 heterocycles. The maximum absolute atomic E-state index is 10.3. The highest BCUT2D eigenvalue weighted by Gasteiger charge is 2.74. The summed E-state index contributed by atoms with van der Waals surface area (Å²) in [6.07, 6.45) is 11.8. The van der Waals surface area contributed by atoms with E-state index in [1.165, 1.54) is 12.0 Å². The van der Waals surface area contributed by atoms with Gasteiger partial charge in [-0.3, -0.25) is 5.10 Å². The van der Waals surface area contributed by atoms with E-state index in [-0.39, 0.29) is 23.0 Å². The minimum Gasteiger partial charge on any atom is -0.393 e. The molecule has 4 aliphatic carbocycles. The van der Waals surface area contributed by atoms with Gasteiger partial charge >= 0.3 is 0 Å². The van der Waals surface area contributed by atoms with E-state index in [1.54, 1.807) is 0 Å². The van der Waals surface area contributed by atoms with Crippen molar-refractivity contribution in [3.8, 4) is 0 Å². The molecule has 1 aliphatic heterocycles. The lowest BCUT2D eigenvalue weighted by molar-refractivity contribution is -0.220. The van der Waals surface area contributed by atoms with Crippen LogP contribution < -0.4 is 0 Å². The normalized spacial score (nSPS) is 51.5. The summed E-state index contributed by atoms with van der Waals surface area (Å²) in [5.41, 5.74) is 2.44. The fourth-order valence-electron chi connectivity index (χ4n) is 8.69. The van der Waals surface area contributed by atoms with Crippen molar-refractivity contribution < 1.29 is 14.6 Å². The summed E-state index contributed by atoms with van der Waals surface area (Å²) in [5.74, 6) is 1.36. The molecule has 0 radical (unpaired) electrons. The first kappa shape index (κ1) is 19.5. The average Bonchev–Trinajstić information content (AvgIpc) is 3.35. The van der Waals surface area contributed by atoms with Gasteiger partial charge in [-0.15, -0.1) is 0 Å². The predicted octanol–water partition coefficient (Wildman–Crippen LogP) is 4.69. The Morgan fingerprint density at radius 3 is 2.73 bits per heavy atom. The largest absolute Gasteiger partial charge is 0.393 e. The van der Waals surface area contributed by atoms with E-state index in [0.717, 1.165) is 44.2 Å². The minimum absolute atomic E-state index is 0.0228. The summed E-state index contributed by atoms with van der Waals surface area (Å²) in [4.78, 5) is 0. The van der Waals surface area contributed by atoms with Gasteiger partial charge in [-0.25, -0.2) is 0 Å². The molecule has 0 amide bonds. The first-order valence-corrected chi connectivity index (χ1v) is 11.9. The zero-order valence-electron chi connectivity index (χ0n) is 18.8. The Morgan fingerprint density at radius 1 is 1.13 bits per heavy atom. The number of fused-ring (bicyclic) bond motifs is 7. The van der Waals surface area contributed by atoms with Crippen molar-refractivity contribution in [2.45, 2.75) is 96.2 Å². The number of aliphatic hydroxyl groups is 1. The summed E-state index contributed by atoms with van der Waals surface area (Å²) in [7, 11) is 0. The quantitative estimate of drug-likeness (QED) is 0.657. The van der Waals surface area contributed by atoms with Crippen LogP contribution in [0.3, 0.4) is 0 Å².